The highest BCUT2D eigenvalue weighted by molar-refractivity contribution is 5.77. The van der Waals surface area contributed by atoms with Crippen molar-refractivity contribution >= 4 is 11.9 Å². The Kier molecular flexibility index (Phi) is 45.7. The van der Waals surface area contributed by atoms with Gasteiger partial charge in [-0.3, -0.25) is 9.59 Å². The van der Waals surface area contributed by atoms with E-state index in [-0.39, 0.29) is 24.9 Å². The molecule has 1 amide bonds. The molecule has 0 aromatic carbocycles. The van der Waals surface area contributed by atoms with Crippen LogP contribution >= 0.6 is 0 Å². The molecule has 0 rings (SSSR count). The lowest BCUT2D eigenvalue weighted by atomic mass is 10.0. The van der Waals surface area contributed by atoms with Crippen LogP contribution in [0.1, 0.15) is 245 Å². The molecule has 0 spiro atoms. The van der Waals surface area contributed by atoms with E-state index >= 15 is 0 Å². The van der Waals surface area contributed by atoms with E-state index in [2.05, 4.69) is 86.8 Å². The average Bonchev–Trinajstić information content (AvgIpc) is 3.24. The van der Waals surface area contributed by atoms with Gasteiger partial charge in [-0.25, -0.2) is 0 Å². The number of amides is 1. The van der Waals surface area contributed by atoms with Gasteiger partial charge in [-0.05, 0) is 89.9 Å². The summed E-state index contributed by atoms with van der Waals surface area (Å²) in [6, 6.07) is -0.715. The fourth-order valence-electron chi connectivity index (χ4n) is 7.42. The predicted molar refractivity (Wildman–Crippen MR) is 259 cm³/mol. The second-order valence-electron chi connectivity index (χ2n) is 17.2. The quantitative estimate of drug-likeness (QED) is 0.0322. The van der Waals surface area contributed by atoms with Crippen LogP contribution in [0, 0.1) is 0 Å². The van der Waals surface area contributed by atoms with Gasteiger partial charge in [0.2, 0.25) is 5.91 Å². The smallest absolute Gasteiger partial charge is 0.306 e. The van der Waals surface area contributed by atoms with Gasteiger partial charge in [0.1, 0.15) is 6.10 Å². The summed E-state index contributed by atoms with van der Waals surface area (Å²) in [6.45, 7) is 6.42. The van der Waals surface area contributed by atoms with Gasteiger partial charge in [0.25, 0.3) is 0 Å². The third kappa shape index (κ3) is 42.3. The summed E-state index contributed by atoms with van der Waals surface area (Å²) < 4.78 is 5.90. The molecule has 3 atom stereocenters. The summed E-state index contributed by atoms with van der Waals surface area (Å²) in [5, 5.41) is 23.7. The number of carbonyl (C=O) groups is 2. The van der Waals surface area contributed by atoms with Crippen LogP contribution < -0.4 is 5.32 Å². The van der Waals surface area contributed by atoms with Crippen LogP contribution in [-0.4, -0.2) is 46.9 Å². The fourth-order valence-corrected chi connectivity index (χ4v) is 7.42. The largest absolute Gasteiger partial charge is 0.462 e. The molecular weight excluding hydrogens is 743 g/mol. The first-order chi connectivity index (χ1) is 29.5. The lowest BCUT2D eigenvalue weighted by molar-refractivity contribution is -0.151. The normalized spacial score (nSPS) is 13.8. The number of ether oxygens (including phenoxy) is 1. The fraction of sp³-hybridized carbons (Fsp3) is 0.778. The van der Waals surface area contributed by atoms with Crippen molar-refractivity contribution in [3.63, 3.8) is 0 Å². The van der Waals surface area contributed by atoms with Crippen LogP contribution in [0.5, 0.6) is 0 Å². The van der Waals surface area contributed by atoms with Crippen molar-refractivity contribution in [1.29, 1.82) is 0 Å². The van der Waals surface area contributed by atoms with Crippen LogP contribution in [-0.2, 0) is 14.3 Å². The zero-order valence-electron chi connectivity index (χ0n) is 39.6. The van der Waals surface area contributed by atoms with Crippen molar-refractivity contribution < 1.29 is 24.5 Å². The van der Waals surface area contributed by atoms with E-state index in [4.69, 9.17) is 4.74 Å². The van der Waals surface area contributed by atoms with Crippen LogP contribution in [0.25, 0.3) is 0 Å². The second-order valence-corrected chi connectivity index (χ2v) is 17.2. The number of nitrogens with one attached hydrogen (secondary N) is 1. The molecule has 0 aliphatic rings. The van der Waals surface area contributed by atoms with Gasteiger partial charge in [-0.1, -0.05) is 204 Å². The molecule has 0 bridgehead atoms. The lowest BCUT2D eigenvalue weighted by Crippen LogP contribution is -2.46. The Balaban J connectivity index is 4.69. The first-order valence-electron chi connectivity index (χ1n) is 25.5. The minimum atomic E-state index is -0.798. The molecule has 348 valence electrons. The van der Waals surface area contributed by atoms with E-state index in [1.165, 1.54) is 122 Å². The zero-order chi connectivity index (χ0) is 43.8. The summed E-state index contributed by atoms with van der Waals surface area (Å²) in [5.41, 5.74) is 0. The Bertz CT molecular complexity index is 1080. The number of rotatable bonds is 45. The number of esters is 1. The Labute approximate surface area is 371 Å². The van der Waals surface area contributed by atoms with Gasteiger partial charge in [-0.15, -0.1) is 0 Å². The Hall–Kier alpha value is -2.44. The molecule has 3 N–H and O–H groups in total. The number of hydrogen-bond acceptors (Lipinski definition) is 5. The van der Waals surface area contributed by atoms with Crippen LogP contribution in [0.15, 0.2) is 60.8 Å². The van der Waals surface area contributed by atoms with E-state index in [1.807, 2.05) is 0 Å². The summed E-state index contributed by atoms with van der Waals surface area (Å²) in [7, 11) is 0. The Morgan fingerprint density at radius 1 is 0.483 bits per heavy atom. The second kappa shape index (κ2) is 47.6. The molecule has 0 radical (unpaired) electrons. The summed E-state index contributed by atoms with van der Waals surface area (Å²) in [4.78, 5) is 26.1. The minimum absolute atomic E-state index is 0.0492. The van der Waals surface area contributed by atoms with Crippen LogP contribution in [0.4, 0.5) is 0 Å². The SMILES string of the molecule is CCCCC/C=C\C/C=C\C/C=C\C/C=C\CCCC(=O)OC(CCCCCCC/C=C/CCCCCCCC)CC(=O)NC(CO)C(O)CCCCCCCCCCC. The van der Waals surface area contributed by atoms with Gasteiger partial charge in [0, 0.05) is 6.42 Å². The molecule has 0 aromatic heterocycles. The van der Waals surface area contributed by atoms with Gasteiger partial charge >= 0.3 is 5.97 Å². The average molecular weight is 840 g/mol. The maximum absolute atomic E-state index is 13.2. The number of aliphatic hydroxyl groups excluding tert-OH is 2. The van der Waals surface area contributed by atoms with Gasteiger partial charge in [0.15, 0.2) is 0 Å². The van der Waals surface area contributed by atoms with Crippen LogP contribution in [0.3, 0.4) is 0 Å². The third-order valence-corrected chi connectivity index (χ3v) is 11.3. The molecule has 0 aliphatic heterocycles. The van der Waals surface area contributed by atoms with E-state index < -0.39 is 18.2 Å². The molecule has 0 aliphatic carbocycles. The molecule has 0 heterocycles. The highest BCUT2D eigenvalue weighted by Crippen LogP contribution is 2.17. The lowest BCUT2D eigenvalue weighted by Gasteiger charge is -2.24. The number of carbonyl (C=O) groups excluding carboxylic acids is 2. The standard InChI is InChI=1S/C54H97NO5/c1-4-7-10-13-16-19-21-23-25-26-28-30-32-35-38-41-44-47-54(59)60-50(45-42-39-36-34-31-29-27-24-22-20-17-14-11-8-5-2)48-53(58)55-51(49-56)52(57)46-43-40-37-33-18-15-12-9-6-3/h16,19,23-25,27-28,30,35,38,50-52,56-57H,4-15,17-18,20-22,26,29,31-34,36-37,39-49H2,1-3H3,(H,55,58)/b19-16-,25-23-,27-24+,30-28-,38-35-. The van der Waals surface area contributed by atoms with E-state index in [1.54, 1.807) is 0 Å². The Morgan fingerprint density at radius 3 is 1.33 bits per heavy atom. The first kappa shape index (κ1) is 57.6. The maximum Gasteiger partial charge on any atom is 0.306 e. The van der Waals surface area contributed by atoms with Gasteiger partial charge < -0.3 is 20.3 Å². The van der Waals surface area contributed by atoms with E-state index in [9.17, 15) is 19.8 Å². The van der Waals surface area contributed by atoms with Gasteiger partial charge in [-0.2, -0.15) is 0 Å². The summed E-state index contributed by atoms with van der Waals surface area (Å²) in [5.74, 6) is -0.549. The topological polar surface area (TPSA) is 95.9 Å². The first-order valence-corrected chi connectivity index (χ1v) is 25.5. The molecule has 3 unspecified atom stereocenters. The van der Waals surface area contributed by atoms with Crippen molar-refractivity contribution in [1.82, 2.24) is 5.32 Å². The van der Waals surface area contributed by atoms with Crippen molar-refractivity contribution in [2.24, 2.45) is 0 Å². The molecule has 60 heavy (non-hydrogen) atoms. The number of aliphatic hydroxyl groups is 2. The van der Waals surface area contributed by atoms with Gasteiger partial charge in [0.05, 0.1) is 25.2 Å². The zero-order valence-corrected chi connectivity index (χ0v) is 39.6. The molecular formula is C54H97NO5. The van der Waals surface area contributed by atoms with E-state index in [0.29, 0.717) is 25.7 Å². The maximum atomic E-state index is 13.2. The highest BCUT2D eigenvalue weighted by atomic mass is 16.5. The number of unbranched alkanes of at least 4 members (excludes halogenated alkanes) is 23. The molecule has 0 fully saturated rings. The predicted octanol–water partition coefficient (Wildman–Crippen LogP) is 15.2. The summed E-state index contributed by atoms with van der Waals surface area (Å²) in [6.07, 6.45) is 58.5. The summed E-state index contributed by atoms with van der Waals surface area (Å²) >= 11 is 0. The molecule has 0 saturated heterocycles. The van der Waals surface area contributed by atoms with Crippen molar-refractivity contribution in [2.45, 2.75) is 264 Å². The van der Waals surface area contributed by atoms with E-state index in [0.717, 1.165) is 70.6 Å². The van der Waals surface area contributed by atoms with Crippen molar-refractivity contribution in [3.8, 4) is 0 Å². The molecule has 0 aromatic rings. The minimum Gasteiger partial charge on any atom is -0.462 e. The monoisotopic (exact) mass is 840 g/mol. The molecule has 6 nitrogen and oxygen atoms in total. The molecule has 0 saturated carbocycles. The number of allylic oxidation sites excluding steroid dienone is 10. The Morgan fingerprint density at radius 2 is 0.850 bits per heavy atom. The van der Waals surface area contributed by atoms with Crippen LogP contribution in [0.2, 0.25) is 0 Å². The highest BCUT2D eigenvalue weighted by Gasteiger charge is 2.24. The van der Waals surface area contributed by atoms with Crippen molar-refractivity contribution in [2.75, 3.05) is 6.61 Å². The molecule has 6 heteroatoms. The number of hydrogen-bond donors (Lipinski definition) is 3. The van der Waals surface area contributed by atoms with Crippen molar-refractivity contribution in [3.05, 3.63) is 60.8 Å². The third-order valence-electron chi connectivity index (χ3n) is 11.3.